The number of benzene rings is 1. The summed E-state index contributed by atoms with van der Waals surface area (Å²) in [5.41, 5.74) is -0.442. The third kappa shape index (κ3) is 4.05. The van der Waals surface area contributed by atoms with Gasteiger partial charge in [0.1, 0.15) is 24.4 Å². The highest BCUT2D eigenvalue weighted by molar-refractivity contribution is 5.64. The van der Waals surface area contributed by atoms with E-state index in [0.717, 1.165) is 12.1 Å². The Morgan fingerprint density at radius 3 is 2.00 bits per heavy atom. The van der Waals surface area contributed by atoms with Gasteiger partial charge in [0.2, 0.25) is 0 Å². The van der Waals surface area contributed by atoms with E-state index in [-0.39, 0.29) is 22.6 Å². The molecule has 12 heteroatoms. The van der Waals surface area contributed by atoms with E-state index in [1.807, 2.05) is 0 Å². The van der Waals surface area contributed by atoms with Crippen molar-refractivity contribution in [3.63, 3.8) is 0 Å². The summed E-state index contributed by atoms with van der Waals surface area (Å²) >= 11 is 0. The van der Waals surface area contributed by atoms with Crippen LogP contribution in [0.4, 0.5) is 17.1 Å². The summed E-state index contributed by atoms with van der Waals surface area (Å²) < 4.78 is 5.25. The van der Waals surface area contributed by atoms with Crippen molar-refractivity contribution in [2.45, 2.75) is 37.6 Å². The second kappa shape index (κ2) is 7.86. The van der Waals surface area contributed by atoms with Crippen LogP contribution in [-0.2, 0) is 4.74 Å². The average Bonchev–Trinajstić information content (AvgIpc) is 2.56. The van der Waals surface area contributed by atoms with Crippen LogP contribution < -0.4 is 15.8 Å². The van der Waals surface area contributed by atoms with Crippen LogP contribution in [0.15, 0.2) is 12.1 Å². The van der Waals surface area contributed by atoms with Gasteiger partial charge in [-0.05, 0) is 6.92 Å². The Bertz CT molecular complexity index is 569. The number of hydrogen-bond acceptors (Lipinski definition) is 10. The molecule has 7 atom stereocenters. The first kappa shape index (κ1) is 19.9. The van der Waals surface area contributed by atoms with Crippen LogP contribution in [0.2, 0.25) is 0 Å². The second-order valence-corrected chi connectivity index (χ2v) is 5.70. The van der Waals surface area contributed by atoms with E-state index in [0.29, 0.717) is 0 Å². The predicted octanol–water partition coefficient (Wildman–Crippen LogP) is -3.99. The van der Waals surface area contributed by atoms with E-state index >= 15 is 0 Å². The molecular weight excluding hydrogens is 342 g/mol. The molecule has 9 N–H and O–H groups in total. The number of anilines is 1. The van der Waals surface area contributed by atoms with Crippen molar-refractivity contribution in [3.8, 4) is 0 Å². The standard InChI is InChI=1S/C13H21N3O9/c1-5-7(15(21)22)2-6(3-8(5)16(23)24)14-13-12(20)11(19)10(18)9(4-17)25-13/h2-3,9-21,23H,4H2,1H3. The molecule has 1 aromatic carbocycles. The number of aliphatic hydroxyl groups excluding tert-OH is 4. The first-order chi connectivity index (χ1) is 11.7. The highest BCUT2D eigenvalue weighted by atomic mass is 16.8. The number of hydrogen-bond donors (Lipinski definition) is 9. The smallest absolute Gasteiger partial charge is 0.174 e. The number of nitrogens with one attached hydrogen (secondary N) is 3. The van der Waals surface area contributed by atoms with Crippen LogP contribution in [0.3, 0.4) is 0 Å². The van der Waals surface area contributed by atoms with Crippen molar-refractivity contribution in [3.05, 3.63) is 28.1 Å². The number of aliphatic hydroxyl groups is 4. The molecule has 1 fully saturated rings. The molecule has 0 amide bonds. The first-order valence-corrected chi connectivity index (χ1v) is 7.35. The van der Waals surface area contributed by atoms with Crippen LogP contribution in [0.5, 0.6) is 0 Å². The van der Waals surface area contributed by atoms with Gasteiger partial charge < -0.3 is 40.9 Å². The van der Waals surface area contributed by atoms with Crippen LogP contribution in [0.1, 0.15) is 5.56 Å². The minimum Gasteiger partial charge on any atom is -0.595 e. The van der Waals surface area contributed by atoms with E-state index < -0.39 is 47.7 Å². The zero-order valence-electron chi connectivity index (χ0n) is 13.2. The highest BCUT2D eigenvalue weighted by Gasteiger charge is 2.43. The minimum atomic E-state index is -1.62. The maximum absolute atomic E-state index is 11.3. The van der Waals surface area contributed by atoms with E-state index in [4.69, 9.17) is 9.84 Å². The third-order valence-corrected chi connectivity index (χ3v) is 4.07. The fourth-order valence-corrected chi connectivity index (χ4v) is 2.63. The van der Waals surface area contributed by atoms with Gasteiger partial charge in [-0.15, -0.1) is 0 Å². The molecule has 12 nitrogen and oxygen atoms in total. The van der Waals surface area contributed by atoms with Crippen molar-refractivity contribution in [1.29, 1.82) is 0 Å². The van der Waals surface area contributed by atoms with Crippen LogP contribution >= 0.6 is 0 Å². The quantitative estimate of drug-likeness (QED) is 0.232. The zero-order chi connectivity index (χ0) is 18.9. The third-order valence-electron chi connectivity index (χ3n) is 4.07. The molecule has 0 saturated carbocycles. The molecule has 0 spiro atoms. The molecule has 7 unspecified atom stereocenters. The predicted molar refractivity (Wildman–Crippen MR) is 80.1 cm³/mol. The fourth-order valence-electron chi connectivity index (χ4n) is 2.63. The van der Waals surface area contributed by atoms with E-state index in [1.54, 1.807) is 0 Å². The van der Waals surface area contributed by atoms with E-state index in [2.05, 4.69) is 5.32 Å². The molecule has 0 bridgehead atoms. The van der Waals surface area contributed by atoms with Gasteiger partial charge in [0.25, 0.3) is 0 Å². The summed E-state index contributed by atoms with van der Waals surface area (Å²) in [6, 6.07) is 2.32. The Hall–Kier alpha value is -1.42. The molecule has 1 aliphatic rings. The molecule has 2 rings (SSSR count). The summed E-state index contributed by atoms with van der Waals surface area (Å²) in [7, 11) is 0. The molecule has 142 valence electrons. The molecule has 0 aliphatic carbocycles. The summed E-state index contributed by atoms with van der Waals surface area (Å²) in [6.07, 6.45) is -7.21. The van der Waals surface area contributed by atoms with Crippen molar-refractivity contribution in [1.82, 2.24) is 0 Å². The molecule has 0 aromatic heterocycles. The van der Waals surface area contributed by atoms with Gasteiger partial charge in [-0.2, -0.15) is 10.5 Å². The molecule has 1 heterocycles. The second-order valence-electron chi connectivity index (χ2n) is 5.70. The maximum atomic E-state index is 11.3. The lowest BCUT2D eigenvalue weighted by Crippen LogP contribution is -3.01. The lowest BCUT2D eigenvalue weighted by atomic mass is 9.98. The van der Waals surface area contributed by atoms with Crippen molar-refractivity contribution in [2.75, 3.05) is 11.9 Å². The number of quaternary nitrogens is 2. The Labute approximate surface area is 141 Å². The Kier molecular flexibility index (Phi) is 6.26. The van der Waals surface area contributed by atoms with Crippen LogP contribution in [-0.4, -0.2) is 68.1 Å². The topological polar surface area (TPSA) is 198 Å². The molecule has 1 aromatic rings. The molecule has 25 heavy (non-hydrogen) atoms. The largest absolute Gasteiger partial charge is 0.595 e. The SMILES string of the molecule is Cc1c([NH+]([O-])O)cc(NC2OC(CO)C(O)C(O)C2O)cc1[NH+]([O-])O. The molecule has 1 aliphatic heterocycles. The average molecular weight is 363 g/mol. The molecule has 0 radical (unpaired) electrons. The van der Waals surface area contributed by atoms with Crippen LogP contribution in [0.25, 0.3) is 0 Å². The normalized spacial score (nSPS) is 32.3. The van der Waals surface area contributed by atoms with Gasteiger partial charge in [0, 0.05) is 17.8 Å². The monoisotopic (exact) mass is 363 g/mol. The summed E-state index contributed by atoms with van der Waals surface area (Å²) in [5, 5.41) is 79.5. The summed E-state index contributed by atoms with van der Waals surface area (Å²) in [6.45, 7) is 0.725. The van der Waals surface area contributed by atoms with Crippen molar-refractivity contribution < 1.29 is 46.0 Å². The van der Waals surface area contributed by atoms with Crippen LogP contribution in [0, 0.1) is 17.3 Å². The van der Waals surface area contributed by atoms with Gasteiger partial charge in [0.15, 0.2) is 17.6 Å². The lowest BCUT2D eigenvalue weighted by molar-refractivity contribution is -0.996. The Morgan fingerprint density at radius 2 is 1.56 bits per heavy atom. The van der Waals surface area contributed by atoms with Crippen molar-refractivity contribution >= 4 is 17.1 Å². The summed E-state index contributed by atoms with van der Waals surface area (Å²) in [4.78, 5) is 0. The van der Waals surface area contributed by atoms with Gasteiger partial charge in [0.05, 0.1) is 12.2 Å². The Balaban J connectivity index is 2.32. The number of rotatable bonds is 5. The maximum Gasteiger partial charge on any atom is 0.174 e. The highest BCUT2D eigenvalue weighted by Crippen LogP contribution is 2.27. The van der Waals surface area contributed by atoms with Gasteiger partial charge >= 0.3 is 0 Å². The molecule has 1 saturated heterocycles. The van der Waals surface area contributed by atoms with Gasteiger partial charge in [-0.3, -0.25) is 0 Å². The Morgan fingerprint density at radius 1 is 1.04 bits per heavy atom. The fraction of sp³-hybridized carbons (Fsp3) is 0.538. The first-order valence-electron chi connectivity index (χ1n) is 7.35. The summed E-state index contributed by atoms with van der Waals surface area (Å²) in [5.74, 6) is 0. The zero-order valence-corrected chi connectivity index (χ0v) is 13.2. The van der Waals surface area contributed by atoms with E-state index in [9.17, 15) is 36.1 Å². The lowest BCUT2D eigenvalue weighted by Gasteiger charge is -2.40. The van der Waals surface area contributed by atoms with Crippen molar-refractivity contribution in [2.24, 2.45) is 0 Å². The minimum absolute atomic E-state index is 0.0183. The van der Waals surface area contributed by atoms with Gasteiger partial charge in [-0.1, -0.05) is 0 Å². The number of ether oxygens (including phenoxy) is 1. The molecular formula is C13H21N3O9. The van der Waals surface area contributed by atoms with E-state index in [1.165, 1.54) is 6.92 Å². The van der Waals surface area contributed by atoms with Gasteiger partial charge in [-0.25, -0.2) is 10.4 Å².